The van der Waals surface area contributed by atoms with Gasteiger partial charge in [0.2, 0.25) is 5.91 Å². The van der Waals surface area contributed by atoms with Crippen LogP contribution in [0.4, 0.5) is 11.4 Å². The van der Waals surface area contributed by atoms with Gasteiger partial charge >= 0.3 is 0 Å². The van der Waals surface area contributed by atoms with Gasteiger partial charge in [0.05, 0.1) is 13.2 Å². The Hall–Kier alpha value is -3.27. The second kappa shape index (κ2) is 7.77. The third-order valence-electron chi connectivity index (χ3n) is 5.25. The van der Waals surface area contributed by atoms with E-state index in [1.807, 2.05) is 35.2 Å². The molecule has 4 rings (SSSR count). The van der Waals surface area contributed by atoms with E-state index in [0.29, 0.717) is 6.54 Å². The number of hydrogen-bond acceptors (Lipinski definition) is 3. The molecular weight excluding hydrogens is 348 g/mol. The van der Waals surface area contributed by atoms with E-state index in [9.17, 15) is 4.79 Å². The summed E-state index contributed by atoms with van der Waals surface area (Å²) >= 11 is 0. The number of carbonyl (C=O) groups is 1. The molecule has 3 aromatic rings. The number of carbonyl (C=O) groups excluding carboxylic acids is 1. The van der Waals surface area contributed by atoms with Crippen LogP contribution in [0.5, 0.6) is 5.75 Å². The zero-order valence-corrected chi connectivity index (χ0v) is 16.2. The maximum Gasteiger partial charge on any atom is 0.223 e. The molecule has 1 N–H and O–H groups in total. The number of amides is 1. The van der Waals surface area contributed by atoms with Gasteiger partial charge in [-0.25, -0.2) is 0 Å². The highest BCUT2D eigenvalue weighted by atomic mass is 16.5. The molecule has 0 saturated heterocycles. The molecule has 142 valence electrons. The predicted molar refractivity (Wildman–Crippen MR) is 114 cm³/mol. The van der Waals surface area contributed by atoms with Gasteiger partial charge in [0.1, 0.15) is 5.75 Å². The van der Waals surface area contributed by atoms with Crippen LogP contribution in [0.3, 0.4) is 0 Å². The quantitative estimate of drug-likeness (QED) is 0.678. The summed E-state index contributed by atoms with van der Waals surface area (Å²) in [5.41, 5.74) is 5.49. The van der Waals surface area contributed by atoms with Crippen molar-refractivity contribution >= 4 is 17.3 Å². The van der Waals surface area contributed by atoms with E-state index in [2.05, 4.69) is 47.8 Å². The summed E-state index contributed by atoms with van der Waals surface area (Å²) in [5.74, 6) is 0.921. The van der Waals surface area contributed by atoms with Crippen LogP contribution in [-0.2, 0) is 4.79 Å². The van der Waals surface area contributed by atoms with Gasteiger partial charge in [-0.2, -0.15) is 0 Å². The van der Waals surface area contributed by atoms with Crippen LogP contribution in [0.15, 0.2) is 72.8 Å². The first-order valence-corrected chi connectivity index (χ1v) is 9.54. The van der Waals surface area contributed by atoms with Gasteiger partial charge in [-0.1, -0.05) is 36.4 Å². The summed E-state index contributed by atoms with van der Waals surface area (Å²) in [5, 5.41) is 3.64. The zero-order chi connectivity index (χ0) is 19.5. The predicted octanol–water partition coefficient (Wildman–Crippen LogP) is 5.27. The number of anilines is 2. The fraction of sp³-hybridized carbons (Fsp3) is 0.208. The highest BCUT2D eigenvalue weighted by Crippen LogP contribution is 2.38. The molecule has 1 amide bonds. The fourth-order valence-electron chi connectivity index (χ4n) is 3.79. The van der Waals surface area contributed by atoms with Crippen LogP contribution < -0.4 is 15.0 Å². The van der Waals surface area contributed by atoms with E-state index >= 15 is 0 Å². The molecule has 4 nitrogen and oxygen atoms in total. The summed E-state index contributed by atoms with van der Waals surface area (Å²) in [6, 6.07) is 24.8. The fourth-order valence-corrected chi connectivity index (χ4v) is 3.79. The molecule has 1 heterocycles. The third-order valence-corrected chi connectivity index (χ3v) is 5.25. The molecule has 0 saturated carbocycles. The summed E-state index contributed by atoms with van der Waals surface area (Å²) < 4.78 is 5.27. The van der Waals surface area contributed by atoms with Gasteiger partial charge in [-0.15, -0.1) is 0 Å². The first-order valence-electron chi connectivity index (χ1n) is 9.54. The molecule has 0 bridgehead atoms. The highest BCUT2D eigenvalue weighted by molar-refractivity contribution is 5.93. The number of ether oxygens (including phenoxy) is 1. The smallest absolute Gasteiger partial charge is 0.223 e. The lowest BCUT2D eigenvalue weighted by molar-refractivity contribution is -0.116. The molecule has 0 aliphatic carbocycles. The first-order chi connectivity index (χ1) is 13.7. The van der Waals surface area contributed by atoms with Crippen molar-refractivity contribution in [1.82, 2.24) is 0 Å². The van der Waals surface area contributed by atoms with E-state index in [1.165, 1.54) is 0 Å². The summed E-state index contributed by atoms with van der Waals surface area (Å²) in [4.78, 5) is 14.0. The molecule has 1 aliphatic heterocycles. The second-order valence-electron chi connectivity index (χ2n) is 7.02. The van der Waals surface area contributed by atoms with Gasteiger partial charge in [0.25, 0.3) is 0 Å². The van der Waals surface area contributed by atoms with Crippen LogP contribution in [0.1, 0.15) is 24.9 Å². The Morgan fingerprint density at radius 3 is 2.39 bits per heavy atom. The third kappa shape index (κ3) is 3.58. The Morgan fingerprint density at radius 2 is 1.71 bits per heavy atom. The minimum Gasteiger partial charge on any atom is -0.497 e. The SMILES string of the molecule is COc1ccc(-c2ccc3c(c2)[C@H](Nc2ccccc2)CCN3C(C)=O)cc1. The van der Waals surface area contributed by atoms with Crippen molar-refractivity contribution in [2.24, 2.45) is 0 Å². The molecule has 0 unspecified atom stereocenters. The number of fused-ring (bicyclic) bond motifs is 1. The molecule has 0 radical (unpaired) electrons. The maximum absolute atomic E-state index is 12.1. The van der Waals surface area contributed by atoms with E-state index < -0.39 is 0 Å². The summed E-state index contributed by atoms with van der Waals surface area (Å²) in [6.07, 6.45) is 0.869. The van der Waals surface area contributed by atoms with Crippen molar-refractivity contribution in [3.63, 3.8) is 0 Å². The van der Waals surface area contributed by atoms with Crippen molar-refractivity contribution in [3.8, 4) is 16.9 Å². The van der Waals surface area contributed by atoms with E-state index in [4.69, 9.17) is 4.74 Å². The monoisotopic (exact) mass is 372 g/mol. The number of hydrogen-bond donors (Lipinski definition) is 1. The largest absolute Gasteiger partial charge is 0.497 e. The van der Waals surface area contributed by atoms with E-state index in [-0.39, 0.29) is 11.9 Å². The molecular formula is C24H24N2O2. The molecule has 0 aromatic heterocycles. The second-order valence-corrected chi connectivity index (χ2v) is 7.02. The Kier molecular flexibility index (Phi) is 5.02. The van der Waals surface area contributed by atoms with Gasteiger partial charge < -0.3 is 15.0 Å². The van der Waals surface area contributed by atoms with Crippen molar-refractivity contribution in [2.45, 2.75) is 19.4 Å². The summed E-state index contributed by atoms with van der Waals surface area (Å²) in [7, 11) is 1.67. The van der Waals surface area contributed by atoms with E-state index in [0.717, 1.165) is 40.2 Å². The van der Waals surface area contributed by atoms with Crippen LogP contribution in [0.2, 0.25) is 0 Å². The Labute approximate surface area is 165 Å². The number of rotatable bonds is 4. The van der Waals surface area contributed by atoms with Crippen LogP contribution >= 0.6 is 0 Å². The minimum atomic E-state index is 0.0802. The maximum atomic E-state index is 12.1. The molecule has 0 spiro atoms. The number of nitrogens with zero attached hydrogens (tertiary/aromatic N) is 1. The lowest BCUT2D eigenvalue weighted by Gasteiger charge is -2.35. The van der Waals surface area contributed by atoms with Gasteiger partial charge in [-0.3, -0.25) is 4.79 Å². The number of methoxy groups -OCH3 is 1. The molecule has 0 fully saturated rings. The van der Waals surface area contributed by atoms with E-state index in [1.54, 1.807) is 14.0 Å². The van der Waals surface area contributed by atoms with Gasteiger partial charge in [0.15, 0.2) is 0 Å². The topological polar surface area (TPSA) is 41.6 Å². The highest BCUT2D eigenvalue weighted by Gasteiger charge is 2.27. The molecule has 3 aromatic carbocycles. The van der Waals surface area contributed by atoms with Crippen molar-refractivity contribution in [2.75, 3.05) is 23.9 Å². The number of benzene rings is 3. The number of para-hydroxylation sites is 1. The molecule has 1 atom stereocenters. The molecule has 28 heavy (non-hydrogen) atoms. The average Bonchev–Trinajstić information content (AvgIpc) is 2.74. The normalized spacial score (nSPS) is 15.6. The van der Waals surface area contributed by atoms with Crippen LogP contribution in [0, 0.1) is 0 Å². The zero-order valence-electron chi connectivity index (χ0n) is 16.2. The lowest BCUT2D eigenvalue weighted by Crippen LogP contribution is -2.36. The Balaban J connectivity index is 1.73. The van der Waals surface area contributed by atoms with Crippen molar-refractivity contribution < 1.29 is 9.53 Å². The Morgan fingerprint density at radius 1 is 1.00 bits per heavy atom. The first kappa shape index (κ1) is 18.1. The van der Waals surface area contributed by atoms with Crippen molar-refractivity contribution in [1.29, 1.82) is 0 Å². The van der Waals surface area contributed by atoms with Gasteiger partial charge in [-0.05, 0) is 59.5 Å². The standard InChI is InChI=1S/C24H24N2O2/c1-17(27)26-15-14-23(25-20-6-4-3-5-7-20)22-16-19(10-13-24(22)26)18-8-11-21(28-2)12-9-18/h3-13,16,23,25H,14-15H2,1-2H3/t23-/m1/s1. The average molecular weight is 372 g/mol. The molecule has 1 aliphatic rings. The van der Waals surface area contributed by atoms with Crippen LogP contribution in [-0.4, -0.2) is 19.6 Å². The lowest BCUT2D eigenvalue weighted by atomic mass is 9.92. The van der Waals surface area contributed by atoms with Crippen LogP contribution in [0.25, 0.3) is 11.1 Å². The van der Waals surface area contributed by atoms with Gasteiger partial charge in [0, 0.05) is 24.8 Å². The molecule has 4 heteroatoms. The number of nitrogens with one attached hydrogen (secondary N) is 1. The van der Waals surface area contributed by atoms with Crippen molar-refractivity contribution in [3.05, 3.63) is 78.4 Å². The summed E-state index contributed by atoms with van der Waals surface area (Å²) in [6.45, 7) is 2.35. The Bertz CT molecular complexity index is 968. The minimum absolute atomic E-state index is 0.0802.